The van der Waals surface area contributed by atoms with E-state index in [1.54, 1.807) is 0 Å². The number of aryl methyl sites for hydroxylation is 1. The van der Waals surface area contributed by atoms with Gasteiger partial charge in [-0.05, 0) is 51.4 Å². The molecular weight excluding hydrogens is 248 g/mol. The van der Waals surface area contributed by atoms with E-state index in [9.17, 15) is 0 Å². The molecule has 1 N–H and O–H groups in total. The standard InChI is InChI=1S/C17H28N2O/c1-12(2)19-9-10-20-16(11-19)17(18-5)15-8-6-7-13(3)14(15)4/h6-8,12,16-18H,9-11H2,1-5H3. The number of morpholine rings is 1. The van der Waals surface area contributed by atoms with Gasteiger partial charge in [0, 0.05) is 19.1 Å². The monoisotopic (exact) mass is 276 g/mol. The van der Waals surface area contributed by atoms with Gasteiger partial charge in [-0.25, -0.2) is 0 Å². The van der Waals surface area contributed by atoms with Crippen molar-refractivity contribution >= 4 is 0 Å². The predicted octanol–water partition coefficient (Wildman–Crippen LogP) is 2.67. The molecule has 20 heavy (non-hydrogen) atoms. The Hall–Kier alpha value is -0.900. The van der Waals surface area contributed by atoms with Crippen LogP contribution in [0.5, 0.6) is 0 Å². The van der Waals surface area contributed by atoms with Crippen LogP contribution < -0.4 is 5.32 Å². The van der Waals surface area contributed by atoms with Crippen molar-refractivity contribution < 1.29 is 4.74 Å². The number of hydrogen-bond donors (Lipinski definition) is 1. The first-order chi connectivity index (χ1) is 9.54. The van der Waals surface area contributed by atoms with Crippen LogP contribution in [0.4, 0.5) is 0 Å². The van der Waals surface area contributed by atoms with Gasteiger partial charge in [0.1, 0.15) is 0 Å². The van der Waals surface area contributed by atoms with Gasteiger partial charge in [0.15, 0.2) is 0 Å². The van der Waals surface area contributed by atoms with E-state index in [0.717, 1.165) is 19.7 Å². The Morgan fingerprint density at radius 2 is 2.05 bits per heavy atom. The SMILES string of the molecule is CNC(c1cccc(C)c1C)C1CN(C(C)C)CCO1. The van der Waals surface area contributed by atoms with Crippen LogP contribution in [0.1, 0.15) is 36.6 Å². The third-order valence-electron chi connectivity index (χ3n) is 4.52. The van der Waals surface area contributed by atoms with Crippen molar-refractivity contribution in [1.29, 1.82) is 0 Å². The minimum Gasteiger partial charge on any atom is -0.374 e. The maximum absolute atomic E-state index is 6.06. The molecule has 1 fully saturated rings. The highest BCUT2D eigenvalue weighted by Gasteiger charge is 2.30. The Morgan fingerprint density at radius 1 is 1.30 bits per heavy atom. The summed E-state index contributed by atoms with van der Waals surface area (Å²) in [7, 11) is 2.03. The Morgan fingerprint density at radius 3 is 2.70 bits per heavy atom. The van der Waals surface area contributed by atoms with Gasteiger partial charge in [0.05, 0.1) is 18.8 Å². The van der Waals surface area contributed by atoms with Crippen LogP contribution in [0.3, 0.4) is 0 Å². The lowest BCUT2D eigenvalue weighted by Crippen LogP contribution is -2.50. The molecule has 0 bridgehead atoms. The van der Waals surface area contributed by atoms with E-state index in [-0.39, 0.29) is 12.1 Å². The van der Waals surface area contributed by atoms with Crippen LogP contribution in [0.2, 0.25) is 0 Å². The molecule has 0 aliphatic carbocycles. The van der Waals surface area contributed by atoms with E-state index < -0.39 is 0 Å². The summed E-state index contributed by atoms with van der Waals surface area (Å²) < 4.78 is 6.06. The van der Waals surface area contributed by atoms with Crippen molar-refractivity contribution in [1.82, 2.24) is 10.2 Å². The molecular formula is C17H28N2O. The normalized spacial score (nSPS) is 22.2. The quantitative estimate of drug-likeness (QED) is 0.915. The average Bonchev–Trinajstić information content (AvgIpc) is 2.44. The van der Waals surface area contributed by atoms with Crippen LogP contribution in [0, 0.1) is 13.8 Å². The summed E-state index contributed by atoms with van der Waals surface area (Å²) in [5, 5.41) is 3.46. The number of nitrogens with one attached hydrogen (secondary N) is 1. The predicted molar refractivity (Wildman–Crippen MR) is 84.2 cm³/mol. The molecule has 3 nitrogen and oxygen atoms in total. The first kappa shape index (κ1) is 15.5. The zero-order valence-corrected chi connectivity index (χ0v) is 13.4. The minimum absolute atomic E-state index is 0.219. The molecule has 1 aliphatic rings. The molecule has 1 saturated heterocycles. The van der Waals surface area contributed by atoms with Crippen molar-refractivity contribution in [3.8, 4) is 0 Å². The summed E-state index contributed by atoms with van der Waals surface area (Å²) in [5.74, 6) is 0. The summed E-state index contributed by atoms with van der Waals surface area (Å²) in [6.45, 7) is 11.8. The molecule has 0 amide bonds. The number of hydrogen-bond acceptors (Lipinski definition) is 3. The van der Waals surface area contributed by atoms with Crippen molar-refractivity contribution in [2.75, 3.05) is 26.7 Å². The minimum atomic E-state index is 0.219. The van der Waals surface area contributed by atoms with Gasteiger partial charge in [0.25, 0.3) is 0 Å². The molecule has 1 aromatic carbocycles. The lowest BCUT2D eigenvalue weighted by molar-refractivity contribution is -0.0551. The zero-order valence-electron chi connectivity index (χ0n) is 13.4. The summed E-state index contributed by atoms with van der Waals surface area (Å²) in [6, 6.07) is 7.38. The van der Waals surface area contributed by atoms with Crippen molar-refractivity contribution in [3.05, 3.63) is 34.9 Å². The van der Waals surface area contributed by atoms with E-state index >= 15 is 0 Å². The fourth-order valence-electron chi connectivity index (χ4n) is 3.02. The van der Waals surface area contributed by atoms with Gasteiger partial charge in [-0.15, -0.1) is 0 Å². The molecule has 2 unspecified atom stereocenters. The second-order valence-electron chi connectivity index (χ2n) is 6.05. The zero-order chi connectivity index (χ0) is 14.7. The topological polar surface area (TPSA) is 24.5 Å². The Balaban J connectivity index is 2.21. The molecule has 2 atom stereocenters. The smallest absolute Gasteiger partial charge is 0.0897 e. The van der Waals surface area contributed by atoms with Crippen molar-refractivity contribution in [3.63, 3.8) is 0 Å². The average molecular weight is 276 g/mol. The Labute approximate surface area is 123 Å². The van der Waals surface area contributed by atoms with Crippen LogP contribution in [-0.2, 0) is 4.74 Å². The second-order valence-corrected chi connectivity index (χ2v) is 6.05. The maximum Gasteiger partial charge on any atom is 0.0897 e. The molecule has 0 radical (unpaired) electrons. The van der Waals surface area contributed by atoms with E-state index in [0.29, 0.717) is 6.04 Å². The molecule has 112 valence electrons. The van der Waals surface area contributed by atoms with Gasteiger partial charge in [0.2, 0.25) is 0 Å². The molecule has 1 aromatic rings. The maximum atomic E-state index is 6.06. The van der Waals surface area contributed by atoms with E-state index in [1.165, 1.54) is 16.7 Å². The third-order valence-corrected chi connectivity index (χ3v) is 4.52. The van der Waals surface area contributed by atoms with Crippen LogP contribution in [0.25, 0.3) is 0 Å². The number of ether oxygens (including phenoxy) is 1. The largest absolute Gasteiger partial charge is 0.374 e. The number of nitrogens with zero attached hydrogens (tertiary/aromatic N) is 1. The number of benzene rings is 1. The van der Waals surface area contributed by atoms with E-state index in [2.05, 4.69) is 56.1 Å². The van der Waals surface area contributed by atoms with E-state index in [4.69, 9.17) is 4.74 Å². The summed E-state index contributed by atoms with van der Waals surface area (Å²) in [5.41, 5.74) is 4.08. The van der Waals surface area contributed by atoms with Gasteiger partial charge in [-0.3, -0.25) is 4.90 Å². The lowest BCUT2D eigenvalue weighted by atomic mass is 9.93. The number of rotatable bonds is 4. The first-order valence-corrected chi connectivity index (χ1v) is 7.63. The lowest BCUT2D eigenvalue weighted by Gasteiger charge is -2.39. The summed E-state index contributed by atoms with van der Waals surface area (Å²) in [4.78, 5) is 2.50. The second kappa shape index (κ2) is 6.70. The van der Waals surface area contributed by atoms with Gasteiger partial charge in [-0.2, -0.15) is 0 Å². The molecule has 0 aromatic heterocycles. The molecule has 3 heteroatoms. The van der Waals surface area contributed by atoms with Crippen molar-refractivity contribution in [2.24, 2.45) is 0 Å². The molecule has 1 heterocycles. The highest BCUT2D eigenvalue weighted by Crippen LogP contribution is 2.27. The molecule has 2 rings (SSSR count). The van der Waals surface area contributed by atoms with Gasteiger partial charge >= 0.3 is 0 Å². The van der Waals surface area contributed by atoms with Crippen LogP contribution in [0.15, 0.2) is 18.2 Å². The van der Waals surface area contributed by atoms with Gasteiger partial charge < -0.3 is 10.1 Å². The fraction of sp³-hybridized carbons (Fsp3) is 0.647. The van der Waals surface area contributed by atoms with Gasteiger partial charge in [-0.1, -0.05) is 18.2 Å². The summed E-state index contributed by atoms with van der Waals surface area (Å²) in [6.07, 6.45) is 0.219. The summed E-state index contributed by atoms with van der Waals surface area (Å²) >= 11 is 0. The molecule has 0 spiro atoms. The highest BCUT2D eigenvalue weighted by molar-refractivity contribution is 5.36. The van der Waals surface area contributed by atoms with Crippen LogP contribution >= 0.6 is 0 Å². The fourth-order valence-corrected chi connectivity index (χ4v) is 3.02. The Kier molecular flexibility index (Phi) is 5.19. The van der Waals surface area contributed by atoms with Crippen molar-refractivity contribution in [2.45, 2.75) is 45.9 Å². The molecule has 0 saturated carbocycles. The third kappa shape index (κ3) is 3.22. The van der Waals surface area contributed by atoms with Crippen LogP contribution in [-0.4, -0.2) is 43.8 Å². The Bertz CT molecular complexity index is 445. The van der Waals surface area contributed by atoms with E-state index in [1.807, 2.05) is 7.05 Å². The molecule has 1 aliphatic heterocycles. The highest BCUT2D eigenvalue weighted by atomic mass is 16.5. The first-order valence-electron chi connectivity index (χ1n) is 7.63. The number of likely N-dealkylation sites (N-methyl/N-ethyl adjacent to an activating group) is 1.